The van der Waals surface area contributed by atoms with Crippen LogP contribution in [0.3, 0.4) is 0 Å². The van der Waals surface area contributed by atoms with Crippen LogP contribution in [-0.2, 0) is 17.9 Å². The molecule has 0 spiro atoms. The third-order valence-corrected chi connectivity index (χ3v) is 6.47. The molecule has 0 N–H and O–H groups in total. The number of piperidine rings is 1. The number of likely N-dealkylation sites (tertiary alicyclic amines) is 1. The molecule has 2 atom stereocenters. The Morgan fingerprint density at radius 2 is 2.07 bits per heavy atom. The molecule has 3 aromatic rings. The molecule has 3 aromatic heterocycles. The highest BCUT2D eigenvalue weighted by Gasteiger charge is 2.36. The van der Waals surface area contributed by atoms with Crippen LogP contribution in [0.4, 0.5) is 0 Å². The fraction of sp³-hybridized carbons (Fsp3) is 0.368. The van der Waals surface area contributed by atoms with Gasteiger partial charge in [0, 0.05) is 37.3 Å². The molecule has 0 aromatic carbocycles. The number of amides is 1. The molecule has 5 heterocycles. The van der Waals surface area contributed by atoms with Crippen molar-refractivity contribution in [1.82, 2.24) is 19.0 Å². The molecule has 2 bridgehead atoms. The first-order chi connectivity index (χ1) is 13.1. The minimum absolute atomic E-state index is 0.000703. The minimum Gasteiger partial charge on any atom is -0.340 e. The third-order valence-electron chi connectivity index (χ3n) is 5.57. The van der Waals surface area contributed by atoms with E-state index in [1.807, 2.05) is 20.9 Å². The second-order valence-corrected chi connectivity index (χ2v) is 8.23. The van der Waals surface area contributed by atoms with Crippen molar-refractivity contribution in [2.24, 2.45) is 5.92 Å². The molecule has 0 aliphatic carbocycles. The maximum atomic E-state index is 12.9. The first kappa shape index (κ1) is 16.4. The Kier molecular flexibility index (Phi) is 3.75. The van der Waals surface area contributed by atoms with Gasteiger partial charge in [-0.05, 0) is 29.9 Å². The van der Waals surface area contributed by atoms with Crippen molar-refractivity contribution in [3.63, 3.8) is 0 Å². The van der Waals surface area contributed by atoms with E-state index in [4.69, 9.17) is 0 Å². The summed E-state index contributed by atoms with van der Waals surface area (Å²) < 4.78 is 3.82. The molecule has 7 nitrogen and oxygen atoms in total. The van der Waals surface area contributed by atoms with Crippen LogP contribution < -0.4 is 11.1 Å². The monoisotopic (exact) mass is 382 g/mol. The number of hydrogen-bond donors (Lipinski definition) is 0. The quantitative estimate of drug-likeness (QED) is 0.669. The van der Waals surface area contributed by atoms with E-state index in [1.54, 1.807) is 18.2 Å². The van der Waals surface area contributed by atoms with Crippen molar-refractivity contribution < 1.29 is 4.79 Å². The van der Waals surface area contributed by atoms with Gasteiger partial charge in [0.25, 0.3) is 11.1 Å². The summed E-state index contributed by atoms with van der Waals surface area (Å²) in [5.41, 5.74) is 1.54. The molecule has 0 saturated carbocycles. The van der Waals surface area contributed by atoms with Crippen LogP contribution in [0.15, 0.2) is 45.6 Å². The molecule has 8 heteroatoms. The molecule has 1 saturated heterocycles. The Morgan fingerprint density at radius 1 is 1.19 bits per heavy atom. The van der Waals surface area contributed by atoms with Gasteiger partial charge in [-0.15, -0.1) is 11.3 Å². The van der Waals surface area contributed by atoms with Crippen molar-refractivity contribution in [3.05, 3.63) is 62.4 Å². The first-order valence-electron chi connectivity index (χ1n) is 9.00. The Hall–Kier alpha value is -2.74. The third kappa shape index (κ3) is 2.71. The lowest BCUT2D eigenvalue weighted by Gasteiger charge is -2.42. The number of carbonyl (C=O) groups is 1. The van der Waals surface area contributed by atoms with Crippen molar-refractivity contribution >= 4 is 27.5 Å². The van der Waals surface area contributed by atoms with E-state index in [0.717, 1.165) is 12.1 Å². The standard InChI is InChI=1S/C19H18N4O3S/c24-16-3-1-2-15-13-6-12(8-23(15)16)7-21(9-13)17(25)10-22-11-20-14-4-5-27-18(14)19(22)26/h1-5,11-13H,6-10H2/t12-,13+/m1/s1. The number of nitrogens with zero attached hydrogens (tertiary/aromatic N) is 4. The van der Waals surface area contributed by atoms with E-state index < -0.39 is 0 Å². The number of aromatic nitrogens is 3. The molecule has 1 amide bonds. The van der Waals surface area contributed by atoms with Gasteiger partial charge in [-0.2, -0.15) is 0 Å². The number of rotatable bonds is 2. The number of hydrogen-bond acceptors (Lipinski definition) is 5. The largest absolute Gasteiger partial charge is 0.340 e. The Balaban J connectivity index is 1.39. The molecule has 27 heavy (non-hydrogen) atoms. The number of pyridine rings is 1. The summed E-state index contributed by atoms with van der Waals surface area (Å²) in [6.07, 6.45) is 2.45. The molecule has 0 radical (unpaired) electrons. The summed E-state index contributed by atoms with van der Waals surface area (Å²) in [5, 5.41) is 1.83. The second-order valence-electron chi connectivity index (χ2n) is 7.31. The zero-order chi connectivity index (χ0) is 18.5. The van der Waals surface area contributed by atoms with Gasteiger partial charge in [0.2, 0.25) is 5.91 Å². The number of thiophene rings is 1. The lowest BCUT2D eigenvalue weighted by molar-refractivity contribution is -0.134. The topological polar surface area (TPSA) is 77.2 Å². The van der Waals surface area contributed by atoms with Crippen molar-refractivity contribution in [2.45, 2.75) is 25.4 Å². The summed E-state index contributed by atoms with van der Waals surface area (Å²) in [6, 6.07) is 7.17. The summed E-state index contributed by atoms with van der Waals surface area (Å²) >= 11 is 1.34. The van der Waals surface area contributed by atoms with E-state index in [9.17, 15) is 14.4 Å². The molecule has 0 unspecified atom stereocenters. The molecule has 2 aliphatic rings. The van der Waals surface area contributed by atoms with E-state index in [2.05, 4.69) is 4.98 Å². The molecule has 5 rings (SSSR count). The average Bonchev–Trinajstić information content (AvgIpc) is 3.14. The first-order valence-corrected chi connectivity index (χ1v) is 9.88. The summed E-state index contributed by atoms with van der Waals surface area (Å²) in [7, 11) is 0. The fourth-order valence-electron chi connectivity index (χ4n) is 4.34. The zero-order valence-corrected chi connectivity index (χ0v) is 15.4. The molecular weight excluding hydrogens is 364 g/mol. The van der Waals surface area contributed by atoms with Gasteiger partial charge >= 0.3 is 0 Å². The molecular formula is C19H18N4O3S. The van der Waals surface area contributed by atoms with Crippen LogP contribution >= 0.6 is 11.3 Å². The highest BCUT2D eigenvalue weighted by molar-refractivity contribution is 7.17. The van der Waals surface area contributed by atoms with E-state index >= 15 is 0 Å². The van der Waals surface area contributed by atoms with Gasteiger partial charge in [-0.25, -0.2) is 4.98 Å². The normalized spacial score (nSPS) is 21.3. The average molecular weight is 382 g/mol. The van der Waals surface area contributed by atoms with Crippen LogP contribution in [0.5, 0.6) is 0 Å². The maximum absolute atomic E-state index is 12.9. The fourth-order valence-corrected chi connectivity index (χ4v) is 5.13. The van der Waals surface area contributed by atoms with Crippen LogP contribution in [0.25, 0.3) is 10.2 Å². The SMILES string of the molecule is O=C(Cn1cnc2ccsc2c1=O)N1C[C@H]2C[C@@H](C1)c1cccc(=O)n1C2. The van der Waals surface area contributed by atoms with E-state index in [-0.39, 0.29) is 35.4 Å². The minimum atomic E-state index is -0.169. The summed E-state index contributed by atoms with van der Waals surface area (Å²) in [5.74, 6) is 0.371. The number of fused-ring (bicyclic) bond motifs is 5. The van der Waals surface area contributed by atoms with Crippen LogP contribution in [0, 0.1) is 5.92 Å². The van der Waals surface area contributed by atoms with Gasteiger partial charge in [0.05, 0.1) is 11.8 Å². The molecule has 2 aliphatic heterocycles. The van der Waals surface area contributed by atoms with Gasteiger partial charge in [0.1, 0.15) is 11.2 Å². The van der Waals surface area contributed by atoms with Crippen LogP contribution in [0.2, 0.25) is 0 Å². The lowest BCUT2D eigenvalue weighted by atomic mass is 9.83. The summed E-state index contributed by atoms with van der Waals surface area (Å²) in [6.45, 7) is 1.86. The predicted octanol–water partition coefficient (Wildman–Crippen LogP) is 1.27. The summed E-state index contributed by atoms with van der Waals surface area (Å²) in [4.78, 5) is 43.6. The zero-order valence-electron chi connectivity index (χ0n) is 14.6. The maximum Gasteiger partial charge on any atom is 0.271 e. The van der Waals surface area contributed by atoms with Crippen molar-refractivity contribution in [1.29, 1.82) is 0 Å². The van der Waals surface area contributed by atoms with Gasteiger partial charge in [-0.1, -0.05) is 6.07 Å². The Bertz CT molecular complexity index is 1160. The Morgan fingerprint density at radius 3 is 2.96 bits per heavy atom. The van der Waals surface area contributed by atoms with Crippen LogP contribution in [0.1, 0.15) is 18.0 Å². The lowest BCUT2D eigenvalue weighted by Crippen LogP contribution is -2.50. The smallest absolute Gasteiger partial charge is 0.271 e. The Labute approximate surface area is 158 Å². The highest BCUT2D eigenvalue weighted by atomic mass is 32.1. The van der Waals surface area contributed by atoms with Gasteiger partial charge < -0.3 is 9.47 Å². The second kappa shape index (κ2) is 6.16. The van der Waals surface area contributed by atoms with Crippen LogP contribution in [-0.4, -0.2) is 38.0 Å². The van der Waals surface area contributed by atoms with Crippen molar-refractivity contribution in [3.8, 4) is 0 Å². The highest BCUT2D eigenvalue weighted by Crippen LogP contribution is 2.34. The van der Waals surface area contributed by atoms with Crippen molar-refractivity contribution in [2.75, 3.05) is 13.1 Å². The predicted molar refractivity (Wildman–Crippen MR) is 102 cm³/mol. The molecule has 1 fully saturated rings. The molecule has 138 valence electrons. The number of carbonyl (C=O) groups excluding carboxylic acids is 1. The van der Waals surface area contributed by atoms with E-state index in [0.29, 0.717) is 29.9 Å². The van der Waals surface area contributed by atoms with Gasteiger partial charge in [-0.3, -0.25) is 19.0 Å². The van der Waals surface area contributed by atoms with Gasteiger partial charge in [0.15, 0.2) is 0 Å². The van der Waals surface area contributed by atoms with E-state index in [1.165, 1.54) is 22.2 Å².